The van der Waals surface area contributed by atoms with Crippen molar-refractivity contribution in [2.24, 2.45) is 5.92 Å². The Morgan fingerprint density at radius 1 is 1.17 bits per heavy atom. The van der Waals surface area contributed by atoms with E-state index in [4.69, 9.17) is 0 Å². The van der Waals surface area contributed by atoms with E-state index in [-0.39, 0.29) is 18.0 Å². The molecule has 0 spiro atoms. The molecule has 130 valence electrons. The van der Waals surface area contributed by atoms with E-state index in [0.29, 0.717) is 18.9 Å². The van der Waals surface area contributed by atoms with Crippen LogP contribution in [0.15, 0.2) is 36.4 Å². The minimum Gasteiger partial charge on any atom is -0.354 e. The molecule has 1 atom stereocenters. The predicted octanol–water partition coefficient (Wildman–Crippen LogP) is 3.23. The van der Waals surface area contributed by atoms with Crippen LogP contribution in [-0.4, -0.2) is 24.5 Å². The number of hydrogen-bond donors (Lipinski definition) is 3. The molecule has 0 unspecified atom stereocenters. The van der Waals surface area contributed by atoms with Gasteiger partial charge >= 0.3 is 6.03 Å². The average Bonchev–Trinajstić information content (AvgIpc) is 2.55. The summed E-state index contributed by atoms with van der Waals surface area (Å²) in [6.07, 6.45) is 7.98. The van der Waals surface area contributed by atoms with Gasteiger partial charge in [0, 0.05) is 18.3 Å². The Bertz CT molecular complexity index is 579. The second-order valence-corrected chi connectivity index (χ2v) is 6.58. The minimum absolute atomic E-state index is 0.00461. The lowest BCUT2D eigenvalue weighted by molar-refractivity contribution is -0.120. The molecule has 1 aliphatic carbocycles. The van der Waals surface area contributed by atoms with Crippen LogP contribution in [0.3, 0.4) is 0 Å². The molecule has 1 aromatic carbocycles. The van der Waals surface area contributed by atoms with Gasteiger partial charge in [-0.05, 0) is 56.7 Å². The summed E-state index contributed by atoms with van der Waals surface area (Å²) < 4.78 is 0. The molecule has 0 bridgehead atoms. The SMILES string of the molecule is CC(C)NC(=O)Cc1ccc(NC(=O)NC[C@@H]2CC=CCC2)cc1. The van der Waals surface area contributed by atoms with Gasteiger partial charge in [-0.2, -0.15) is 0 Å². The zero-order chi connectivity index (χ0) is 17.4. The zero-order valence-corrected chi connectivity index (χ0v) is 14.5. The van der Waals surface area contributed by atoms with Gasteiger partial charge in [-0.25, -0.2) is 4.79 Å². The van der Waals surface area contributed by atoms with Crippen LogP contribution in [0.25, 0.3) is 0 Å². The van der Waals surface area contributed by atoms with Gasteiger partial charge in [-0.3, -0.25) is 4.79 Å². The number of carbonyl (C=O) groups is 2. The first-order valence-corrected chi connectivity index (χ1v) is 8.61. The van der Waals surface area contributed by atoms with E-state index in [9.17, 15) is 9.59 Å². The minimum atomic E-state index is -0.185. The van der Waals surface area contributed by atoms with Gasteiger partial charge in [-0.15, -0.1) is 0 Å². The number of amides is 3. The van der Waals surface area contributed by atoms with Crippen molar-refractivity contribution in [1.82, 2.24) is 10.6 Å². The molecule has 0 heterocycles. The molecule has 0 fully saturated rings. The van der Waals surface area contributed by atoms with Crippen LogP contribution in [0.4, 0.5) is 10.5 Å². The van der Waals surface area contributed by atoms with Gasteiger partial charge in [0.25, 0.3) is 0 Å². The number of anilines is 1. The maximum absolute atomic E-state index is 11.9. The number of carbonyl (C=O) groups excluding carboxylic acids is 2. The number of nitrogens with one attached hydrogen (secondary N) is 3. The summed E-state index contributed by atoms with van der Waals surface area (Å²) in [7, 11) is 0. The van der Waals surface area contributed by atoms with Crippen LogP contribution in [0.1, 0.15) is 38.7 Å². The van der Waals surface area contributed by atoms with Crippen molar-refractivity contribution in [1.29, 1.82) is 0 Å². The van der Waals surface area contributed by atoms with Crippen LogP contribution >= 0.6 is 0 Å². The number of rotatable bonds is 6. The fourth-order valence-electron chi connectivity index (χ4n) is 2.72. The third-order valence-electron chi connectivity index (χ3n) is 3.96. The summed E-state index contributed by atoms with van der Waals surface area (Å²) in [5.74, 6) is 0.535. The highest BCUT2D eigenvalue weighted by Gasteiger charge is 2.11. The molecule has 0 radical (unpaired) electrons. The summed E-state index contributed by atoms with van der Waals surface area (Å²) in [6.45, 7) is 4.57. The van der Waals surface area contributed by atoms with Crippen molar-refractivity contribution in [3.05, 3.63) is 42.0 Å². The quantitative estimate of drug-likeness (QED) is 0.701. The molecule has 0 saturated carbocycles. The fraction of sp³-hybridized carbons (Fsp3) is 0.474. The maximum atomic E-state index is 11.9. The molecule has 0 aromatic heterocycles. The molecule has 3 amide bonds. The first kappa shape index (κ1) is 18.0. The van der Waals surface area contributed by atoms with Crippen molar-refractivity contribution in [2.45, 2.75) is 45.6 Å². The van der Waals surface area contributed by atoms with E-state index >= 15 is 0 Å². The highest BCUT2D eigenvalue weighted by atomic mass is 16.2. The lowest BCUT2D eigenvalue weighted by Gasteiger charge is -2.18. The van der Waals surface area contributed by atoms with Crippen molar-refractivity contribution < 1.29 is 9.59 Å². The van der Waals surface area contributed by atoms with E-state index in [1.54, 1.807) is 0 Å². The molecular weight excluding hydrogens is 302 g/mol. The number of benzene rings is 1. The Morgan fingerprint density at radius 2 is 1.92 bits per heavy atom. The summed E-state index contributed by atoms with van der Waals surface area (Å²) in [4.78, 5) is 23.7. The Labute approximate surface area is 143 Å². The topological polar surface area (TPSA) is 70.2 Å². The molecule has 5 heteroatoms. The largest absolute Gasteiger partial charge is 0.354 e. The Balaban J connectivity index is 1.75. The average molecular weight is 329 g/mol. The predicted molar refractivity (Wildman–Crippen MR) is 96.9 cm³/mol. The van der Waals surface area contributed by atoms with Gasteiger partial charge in [0.1, 0.15) is 0 Å². The van der Waals surface area contributed by atoms with Gasteiger partial charge in [0.15, 0.2) is 0 Å². The van der Waals surface area contributed by atoms with E-state index in [1.165, 1.54) is 0 Å². The van der Waals surface area contributed by atoms with Crippen molar-refractivity contribution in [3.63, 3.8) is 0 Å². The Hall–Kier alpha value is -2.30. The molecule has 0 saturated heterocycles. The van der Waals surface area contributed by atoms with E-state index in [1.807, 2.05) is 38.1 Å². The zero-order valence-electron chi connectivity index (χ0n) is 14.5. The standard InChI is InChI=1S/C19H27N3O2/c1-14(2)21-18(23)12-15-8-10-17(11-9-15)22-19(24)20-13-16-6-4-3-5-7-16/h3-4,8-11,14,16H,5-7,12-13H2,1-2H3,(H,21,23)(H2,20,22,24)/t16-/m1/s1. The molecular formula is C19H27N3O2. The van der Waals surface area contributed by atoms with Crippen molar-refractivity contribution in [2.75, 3.05) is 11.9 Å². The van der Waals surface area contributed by atoms with Gasteiger partial charge in [0.05, 0.1) is 6.42 Å². The number of urea groups is 1. The summed E-state index contributed by atoms with van der Waals surface area (Å²) in [5, 5.41) is 8.61. The van der Waals surface area contributed by atoms with E-state index in [2.05, 4.69) is 28.1 Å². The molecule has 0 aliphatic heterocycles. The summed E-state index contributed by atoms with van der Waals surface area (Å²) in [5.41, 5.74) is 1.65. The third-order valence-corrected chi connectivity index (χ3v) is 3.96. The second kappa shape index (κ2) is 9.11. The summed E-state index contributed by atoms with van der Waals surface area (Å²) in [6, 6.07) is 7.32. The van der Waals surface area contributed by atoms with Crippen LogP contribution < -0.4 is 16.0 Å². The normalized spacial score (nSPS) is 16.7. The van der Waals surface area contributed by atoms with Crippen molar-refractivity contribution >= 4 is 17.6 Å². The molecule has 24 heavy (non-hydrogen) atoms. The first-order valence-electron chi connectivity index (χ1n) is 8.61. The lowest BCUT2D eigenvalue weighted by Crippen LogP contribution is -2.33. The number of hydrogen-bond acceptors (Lipinski definition) is 2. The van der Waals surface area contributed by atoms with Crippen LogP contribution in [-0.2, 0) is 11.2 Å². The summed E-state index contributed by atoms with van der Waals surface area (Å²) >= 11 is 0. The molecule has 1 aliphatic rings. The Kier molecular flexibility index (Phi) is 6.85. The molecule has 3 N–H and O–H groups in total. The lowest BCUT2D eigenvalue weighted by atomic mass is 9.94. The van der Waals surface area contributed by atoms with E-state index < -0.39 is 0 Å². The monoisotopic (exact) mass is 329 g/mol. The highest BCUT2D eigenvalue weighted by molar-refractivity contribution is 5.89. The van der Waals surface area contributed by atoms with Crippen molar-refractivity contribution in [3.8, 4) is 0 Å². The fourth-order valence-corrected chi connectivity index (χ4v) is 2.72. The van der Waals surface area contributed by atoms with Gasteiger partial charge in [0.2, 0.25) is 5.91 Å². The second-order valence-electron chi connectivity index (χ2n) is 6.58. The van der Waals surface area contributed by atoms with Gasteiger partial charge < -0.3 is 16.0 Å². The van der Waals surface area contributed by atoms with Crippen LogP contribution in [0.5, 0.6) is 0 Å². The highest BCUT2D eigenvalue weighted by Crippen LogP contribution is 2.17. The first-order chi connectivity index (χ1) is 11.5. The molecule has 1 aromatic rings. The third kappa shape index (κ3) is 6.44. The van der Waals surface area contributed by atoms with Crippen LogP contribution in [0.2, 0.25) is 0 Å². The van der Waals surface area contributed by atoms with Gasteiger partial charge in [-0.1, -0.05) is 24.3 Å². The van der Waals surface area contributed by atoms with Crippen LogP contribution in [0, 0.1) is 5.92 Å². The van der Waals surface area contributed by atoms with E-state index in [0.717, 1.165) is 30.5 Å². The number of allylic oxidation sites excluding steroid dienone is 2. The Morgan fingerprint density at radius 3 is 2.54 bits per heavy atom. The smallest absolute Gasteiger partial charge is 0.319 e. The maximum Gasteiger partial charge on any atom is 0.319 e. The molecule has 2 rings (SSSR count). The molecule has 5 nitrogen and oxygen atoms in total.